The summed E-state index contributed by atoms with van der Waals surface area (Å²) in [7, 11) is -3.80. The van der Waals surface area contributed by atoms with Crippen molar-refractivity contribution in [3.63, 3.8) is 0 Å². The van der Waals surface area contributed by atoms with Gasteiger partial charge in [0.15, 0.2) is 0 Å². The number of non-ortho nitro benzene ring substituents is 1. The number of hydrogen-bond donors (Lipinski definition) is 2. The van der Waals surface area contributed by atoms with E-state index in [9.17, 15) is 23.3 Å². The molecule has 2 atom stereocenters. The standard InChI is InChI=1S/C17H24N4O5S/c22-17(16-7-2-8-18-16)19-11-13-4-3-9-20(12-13)27(25,26)15-6-1-5-14(10-15)21(23)24/h1,5-6,10,13,16,18H,2-4,7-9,11-12H2,(H,19,22). The maximum atomic E-state index is 12.9. The molecule has 9 nitrogen and oxygen atoms in total. The number of amides is 1. The summed E-state index contributed by atoms with van der Waals surface area (Å²) in [4.78, 5) is 22.4. The average molecular weight is 396 g/mol. The molecule has 0 radical (unpaired) electrons. The number of rotatable bonds is 6. The van der Waals surface area contributed by atoms with Crippen molar-refractivity contribution in [2.45, 2.75) is 36.6 Å². The van der Waals surface area contributed by atoms with Gasteiger partial charge in [0.05, 0.1) is 15.9 Å². The Hall–Kier alpha value is -2.04. The highest BCUT2D eigenvalue weighted by Crippen LogP contribution is 2.25. The normalized spacial score (nSPS) is 23.9. The fourth-order valence-electron chi connectivity index (χ4n) is 3.59. The maximum absolute atomic E-state index is 12.9. The number of carbonyl (C=O) groups is 1. The van der Waals surface area contributed by atoms with Gasteiger partial charge in [-0.3, -0.25) is 14.9 Å². The molecule has 0 aromatic heterocycles. The third-order valence-electron chi connectivity index (χ3n) is 5.09. The first kappa shape index (κ1) is 19.7. The Balaban J connectivity index is 1.63. The Kier molecular flexibility index (Phi) is 6.08. The Bertz CT molecular complexity index is 807. The number of sulfonamides is 1. The molecule has 0 spiro atoms. The van der Waals surface area contributed by atoms with E-state index in [1.807, 2.05) is 0 Å². The summed E-state index contributed by atoms with van der Waals surface area (Å²) < 4.78 is 27.1. The van der Waals surface area contributed by atoms with Gasteiger partial charge >= 0.3 is 0 Å². The van der Waals surface area contributed by atoms with Gasteiger partial charge in [0.25, 0.3) is 5.69 Å². The molecule has 2 fully saturated rings. The van der Waals surface area contributed by atoms with Crippen molar-refractivity contribution in [2.24, 2.45) is 5.92 Å². The van der Waals surface area contributed by atoms with Crippen LogP contribution < -0.4 is 10.6 Å². The van der Waals surface area contributed by atoms with Gasteiger partial charge in [-0.15, -0.1) is 0 Å². The summed E-state index contributed by atoms with van der Waals surface area (Å²) >= 11 is 0. The number of hydrogen-bond acceptors (Lipinski definition) is 6. The number of nitrogens with one attached hydrogen (secondary N) is 2. The lowest BCUT2D eigenvalue weighted by Gasteiger charge is -2.32. The zero-order valence-electron chi connectivity index (χ0n) is 15.0. The first-order chi connectivity index (χ1) is 12.9. The molecule has 1 amide bonds. The molecule has 2 aliphatic rings. The van der Waals surface area contributed by atoms with Gasteiger partial charge in [-0.05, 0) is 44.2 Å². The van der Waals surface area contributed by atoms with Crippen molar-refractivity contribution < 1.29 is 18.1 Å². The first-order valence-corrected chi connectivity index (χ1v) is 10.6. The number of nitro benzene ring substituents is 1. The highest BCUT2D eigenvalue weighted by Gasteiger charge is 2.31. The Morgan fingerprint density at radius 3 is 2.85 bits per heavy atom. The molecule has 3 rings (SSSR count). The zero-order chi connectivity index (χ0) is 19.4. The van der Waals surface area contributed by atoms with Crippen LogP contribution in [0.4, 0.5) is 5.69 Å². The fraction of sp³-hybridized carbons (Fsp3) is 0.588. The van der Waals surface area contributed by atoms with Crippen molar-refractivity contribution >= 4 is 21.6 Å². The largest absolute Gasteiger partial charge is 0.354 e. The van der Waals surface area contributed by atoms with Crippen LogP contribution in [0.25, 0.3) is 0 Å². The van der Waals surface area contributed by atoms with Crippen LogP contribution in [0, 0.1) is 16.0 Å². The minimum Gasteiger partial charge on any atom is -0.354 e. The van der Waals surface area contributed by atoms with E-state index < -0.39 is 14.9 Å². The third-order valence-corrected chi connectivity index (χ3v) is 6.95. The van der Waals surface area contributed by atoms with Crippen LogP contribution in [-0.4, -0.2) is 55.8 Å². The number of benzene rings is 1. The molecule has 27 heavy (non-hydrogen) atoms. The number of piperidine rings is 1. The van der Waals surface area contributed by atoms with Gasteiger partial charge in [0.2, 0.25) is 15.9 Å². The van der Waals surface area contributed by atoms with Crippen LogP contribution in [0.15, 0.2) is 29.2 Å². The first-order valence-electron chi connectivity index (χ1n) is 9.13. The van der Waals surface area contributed by atoms with Crippen LogP contribution in [0.3, 0.4) is 0 Å². The number of nitrogens with zero attached hydrogens (tertiary/aromatic N) is 2. The van der Waals surface area contributed by atoms with Gasteiger partial charge in [-0.25, -0.2) is 8.42 Å². The molecule has 148 valence electrons. The molecular formula is C17H24N4O5S. The van der Waals surface area contributed by atoms with Crippen molar-refractivity contribution in [2.75, 3.05) is 26.2 Å². The van der Waals surface area contributed by atoms with E-state index in [0.717, 1.165) is 31.9 Å². The molecule has 0 saturated carbocycles. The molecule has 1 aromatic rings. The Morgan fingerprint density at radius 2 is 2.15 bits per heavy atom. The summed E-state index contributed by atoms with van der Waals surface area (Å²) in [6.07, 6.45) is 3.33. The molecule has 10 heteroatoms. The molecule has 2 N–H and O–H groups in total. The van der Waals surface area contributed by atoms with E-state index in [1.54, 1.807) is 0 Å². The predicted molar refractivity (Wildman–Crippen MR) is 98.6 cm³/mol. The van der Waals surface area contributed by atoms with Crippen LogP contribution in [0.2, 0.25) is 0 Å². The Labute approximate surface area is 158 Å². The minimum absolute atomic E-state index is 0.0255. The number of carbonyl (C=O) groups excluding carboxylic acids is 1. The maximum Gasteiger partial charge on any atom is 0.270 e. The second-order valence-corrected chi connectivity index (χ2v) is 8.96. The van der Waals surface area contributed by atoms with Gasteiger partial charge in [-0.2, -0.15) is 4.31 Å². The van der Waals surface area contributed by atoms with Crippen LogP contribution in [0.1, 0.15) is 25.7 Å². The zero-order valence-corrected chi connectivity index (χ0v) is 15.8. The lowest BCUT2D eigenvalue weighted by atomic mass is 9.99. The SMILES string of the molecule is O=C(NCC1CCCN(S(=O)(=O)c2cccc([N+](=O)[O-])c2)C1)C1CCCN1. The molecular weight excluding hydrogens is 372 g/mol. The Morgan fingerprint density at radius 1 is 1.33 bits per heavy atom. The summed E-state index contributed by atoms with van der Waals surface area (Å²) in [5.74, 6) is -0.0104. The molecule has 2 saturated heterocycles. The van der Waals surface area contributed by atoms with E-state index in [1.165, 1.54) is 22.5 Å². The minimum atomic E-state index is -3.80. The van der Waals surface area contributed by atoms with Gasteiger partial charge in [-0.1, -0.05) is 6.07 Å². The van der Waals surface area contributed by atoms with Crippen molar-refractivity contribution in [3.8, 4) is 0 Å². The molecule has 2 unspecified atom stereocenters. The second-order valence-electron chi connectivity index (χ2n) is 7.02. The topological polar surface area (TPSA) is 122 Å². The molecule has 0 bridgehead atoms. The van der Waals surface area contributed by atoms with Gasteiger partial charge in [0.1, 0.15) is 0 Å². The summed E-state index contributed by atoms with van der Waals surface area (Å²) in [5.41, 5.74) is -0.249. The molecule has 0 aliphatic carbocycles. The average Bonchev–Trinajstić information content (AvgIpc) is 3.21. The predicted octanol–water partition coefficient (Wildman–Crippen LogP) is 0.864. The van der Waals surface area contributed by atoms with E-state index in [4.69, 9.17) is 0 Å². The summed E-state index contributed by atoms with van der Waals surface area (Å²) in [5, 5.41) is 17.0. The monoisotopic (exact) mass is 396 g/mol. The molecule has 1 aromatic carbocycles. The van der Waals surface area contributed by atoms with Crippen molar-refractivity contribution in [1.82, 2.24) is 14.9 Å². The summed E-state index contributed by atoms with van der Waals surface area (Å²) in [6.45, 7) is 1.94. The van der Waals surface area contributed by atoms with Crippen LogP contribution in [-0.2, 0) is 14.8 Å². The highest BCUT2D eigenvalue weighted by atomic mass is 32.2. The van der Waals surface area contributed by atoms with E-state index in [-0.39, 0.29) is 28.4 Å². The smallest absolute Gasteiger partial charge is 0.270 e. The van der Waals surface area contributed by atoms with E-state index in [2.05, 4.69) is 10.6 Å². The molecule has 2 aliphatic heterocycles. The van der Waals surface area contributed by atoms with E-state index >= 15 is 0 Å². The highest BCUT2D eigenvalue weighted by molar-refractivity contribution is 7.89. The fourth-order valence-corrected chi connectivity index (χ4v) is 5.19. The summed E-state index contributed by atoms with van der Waals surface area (Å²) in [6, 6.07) is 4.95. The van der Waals surface area contributed by atoms with Gasteiger partial charge in [0, 0.05) is 31.8 Å². The van der Waals surface area contributed by atoms with E-state index in [0.29, 0.717) is 26.1 Å². The second kappa shape index (κ2) is 8.32. The van der Waals surface area contributed by atoms with Crippen LogP contribution >= 0.6 is 0 Å². The van der Waals surface area contributed by atoms with Crippen molar-refractivity contribution in [3.05, 3.63) is 34.4 Å². The quantitative estimate of drug-likeness (QED) is 0.543. The lowest BCUT2D eigenvalue weighted by molar-refractivity contribution is -0.385. The third kappa shape index (κ3) is 4.63. The van der Waals surface area contributed by atoms with Gasteiger partial charge < -0.3 is 10.6 Å². The lowest BCUT2D eigenvalue weighted by Crippen LogP contribution is -2.46. The molecule has 2 heterocycles. The van der Waals surface area contributed by atoms with Crippen molar-refractivity contribution in [1.29, 1.82) is 0 Å². The number of nitro groups is 1. The van der Waals surface area contributed by atoms with Crippen LogP contribution in [0.5, 0.6) is 0 Å².